The second kappa shape index (κ2) is 6.36. The molecule has 0 spiro atoms. The van der Waals surface area contributed by atoms with Crippen LogP contribution in [-0.2, 0) is 11.3 Å². The number of nitrogen functional groups attached to an aromatic ring is 1. The van der Waals surface area contributed by atoms with Gasteiger partial charge in [0.25, 0.3) is 0 Å². The van der Waals surface area contributed by atoms with Crippen molar-refractivity contribution in [1.82, 2.24) is 25.4 Å². The molecular formula is C14H20N6O. The van der Waals surface area contributed by atoms with E-state index in [0.717, 1.165) is 11.1 Å². The smallest absolute Gasteiger partial charge is 0.242 e. The van der Waals surface area contributed by atoms with Crippen LogP contribution in [-0.4, -0.2) is 40.1 Å². The number of aromatic amines is 1. The van der Waals surface area contributed by atoms with Crippen LogP contribution in [0, 0.1) is 6.92 Å². The SMILES string of the molecule is Cc1ccc([C@@H](C(=O)NCc2nc(N)n[nH]2)N(C)C)cc1. The van der Waals surface area contributed by atoms with Crippen molar-refractivity contribution in [3.8, 4) is 0 Å². The Bertz CT molecular complexity index is 604. The summed E-state index contributed by atoms with van der Waals surface area (Å²) in [6, 6.07) is 7.57. The van der Waals surface area contributed by atoms with Crippen LogP contribution < -0.4 is 11.1 Å². The predicted octanol–water partition coefficient (Wildman–Crippen LogP) is 0.614. The second-order valence-corrected chi connectivity index (χ2v) is 5.13. The van der Waals surface area contributed by atoms with E-state index >= 15 is 0 Å². The van der Waals surface area contributed by atoms with Gasteiger partial charge in [-0.15, -0.1) is 5.10 Å². The highest BCUT2D eigenvalue weighted by Gasteiger charge is 2.22. The molecule has 0 aliphatic carbocycles. The number of hydrogen-bond acceptors (Lipinski definition) is 5. The number of nitrogens with two attached hydrogens (primary N) is 1. The molecule has 0 unspecified atom stereocenters. The summed E-state index contributed by atoms with van der Waals surface area (Å²) < 4.78 is 0. The molecule has 0 radical (unpaired) electrons. The van der Waals surface area contributed by atoms with E-state index in [4.69, 9.17) is 5.73 Å². The highest BCUT2D eigenvalue weighted by molar-refractivity contribution is 5.83. The van der Waals surface area contributed by atoms with Gasteiger partial charge in [-0.2, -0.15) is 4.98 Å². The van der Waals surface area contributed by atoms with Crippen LogP contribution in [0.4, 0.5) is 5.95 Å². The van der Waals surface area contributed by atoms with Crippen LogP contribution >= 0.6 is 0 Å². The van der Waals surface area contributed by atoms with Gasteiger partial charge in [-0.25, -0.2) is 0 Å². The maximum atomic E-state index is 12.4. The number of amides is 1. The number of nitrogens with one attached hydrogen (secondary N) is 2. The minimum absolute atomic E-state index is 0.0983. The molecule has 21 heavy (non-hydrogen) atoms. The number of aromatic nitrogens is 3. The van der Waals surface area contributed by atoms with Gasteiger partial charge in [0.2, 0.25) is 11.9 Å². The molecule has 2 aromatic rings. The maximum absolute atomic E-state index is 12.4. The molecule has 4 N–H and O–H groups in total. The molecule has 0 aliphatic heterocycles. The summed E-state index contributed by atoms with van der Waals surface area (Å²) in [5.41, 5.74) is 7.53. The van der Waals surface area contributed by atoms with E-state index in [9.17, 15) is 4.79 Å². The number of carbonyl (C=O) groups excluding carboxylic acids is 1. The summed E-state index contributed by atoms with van der Waals surface area (Å²) in [4.78, 5) is 18.2. The molecule has 1 heterocycles. The van der Waals surface area contributed by atoms with E-state index in [1.165, 1.54) is 0 Å². The van der Waals surface area contributed by atoms with E-state index in [1.807, 2.05) is 50.2 Å². The van der Waals surface area contributed by atoms with Crippen LogP contribution in [0.3, 0.4) is 0 Å². The molecule has 7 heteroatoms. The molecule has 1 atom stereocenters. The van der Waals surface area contributed by atoms with Crippen molar-refractivity contribution in [3.05, 3.63) is 41.2 Å². The van der Waals surface area contributed by atoms with Gasteiger partial charge in [-0.3, -0.25) is 14.8 Å². The third-order valence-corrected chi connectivity index (χ3v) is 3.14. The Hall–Kier alpha value is -2.41. The summed E-state index contributed by atoms with van der Waals surface area (Å²) in [5, 5.41) is 9.22. The fourth-order valence-electron chi connectivity index (χ4n) is 2.09. The largest absolute Gasteiger partial charge is 0.367 e. The van der Waals surface area contributed by atoms with Crippen molar-refractivity contribution in [2.45, 2.75) is 19.5 Å². The molecule has 0 bridgehead atoms. The molecule has 7 nitrogen and oxygen atoms in total. The lowest BCUT2D eigenvalue weighted by molar-refractivity contribution is -0.126. The average molecular weight is 288 g/mol. The van der Waals surface area contributed by atoms with Crippen LogP contribution in [0.5, 0.6) is 0 Å². The van der Waals surface area contributed by atoms with Crippen LogP contribution in [0.2, 0.25) is 0 Å². The van der Waals surface area contributed by atoms with E-state index in [0.29, 0.717) is 5.82 Å². The third-order valence-electron chi connectivity index (χ3n) is 3.14. The van der Waals surface area contributed by atoms with Gasteiger partial charge in [0.05, 0.1) is 6.54 Å². The van der Waals surface area contributed by atoms with E-state index in [2.05, 4.69) is 20.5 Å². The minimum Gasteiger partial charge on any atom is -0.367 e. The zero-order valence-corrected chi connectivity index (χ0v) is 12.4. The molecule has 1 aromatic heterocycles. The topological polar surface area (TPSA) is 99.9 Å². The molecule has 1 amide bonds. The Morgan fingerprint density at radius 1 is 1.38 bits per heavy atom. The van der Waals surface area contributed by atoms with Gasteiger partial charge in [0.1, 0.15) is 11.9 Å². The fourth-order valence-corrected chi connectivity index (χ4v) is 2.09. The number of nitrogens with zero attached hydrogens (tertiary/aromatic N) is 3. The summed E-state index contributed by atoms with van der Waals surface area (Å²) in [7, 11) is 3.74. The van der Waals surface area contributed by atoms with Gasteiger partial charge in [-0.1, -0.05) is 29.8 Å². The summed E-state index contributed by atoms with van der Waals surface area (Å²) >= 11 is 0. The van der Waals surface area contributed by atoms with Crippen molar-refractivity contribution in [2.24, 2.45) is 0 Å². The first-order valence-corrected chi connectivity index (χ1v) is 6.65. The molecule has 0 aliphatic rings. The Balaban J connectivity index is 2.07. The summed E-state index contributed by atoms with van der Waals surface area (Å²) in [6.07, 6.45) is 0. The first-order chi connectivity index (χ1) is 9.97. The number of aryl methyl sites for hydroxylation is 1. The molecule has 2 rings (SSSR count). The fraction of sp³-hybridized carbons (Fsp3) is 0.357. The van der Waals surface area contributed by atoms with Gasteiger partial charge in [0, 0.05) is 0 Å². The zero-order valence-electron chi connectivity index (χ0n) is 12.4. The minimum atomic E-state index is -0.356. The van der Waals surface area contributed by atoms with Crippen molar-refractivity contribution >= 4 is 11.9 Å². The predicted molar refractivity (Wildman–Crippen MR) is 80.2 cm³/mol. The maximum Gasteiger partial charge on any atom is 0.242 e. The lowest BCUT2D eigenvalue weighted by Crippen LogP contribution is -2.36. The number of benzene rings is 1. The number of rotatable bonds is 5. The molecule has 112 valence electrons. The normalized spacial score (nSPS) is 12.4. The van der Waals surface area contributed by atoms with Gasteiger partial charge in [0.15, 0.2) is 0 Å². The zero-order chi connectivity index (χ0) is 15.4. The number of carbonyl (C=O) groups is 1. The lowest BCUT2D eigenvalue weighted by atomic mass is 10.0. The van der Waals surface area contributed by atoms with E-state index in [-0.39, 0.29) is 24.4 Å². The number of likely N-dealkylation sites (N-methyl/N-ethyl adjacent to an activating group) is 1. The van der Waals surface area contributed by atoms with Crippen LogP contribution in [0.15, 0.2) is 24.3 Å². The third kappa shape index (κ3) is 3.79. The first-order valence-electron chi connectivity index (χ1n) is 6.65. The highest BCUT2D eigenvalue weighted by atomic mass is 16.2. The number of H-pyrrole nitrogens is 1. The van der Waals surface area contributed by atoms with Gasteiger partial charge < -0.3 is 11.1 Å². The molecule has 0 saturated carbocycles. The summed E-state index contributed by atoms with van der Waals surface area (Å²) in [6.45, 7) is 2.28. The van der Waals surface area contributed by atoms with E-state index in [1.54, 1.807) is 0 Å². The molecule has 0 saturated heterocycles. The monoisotopic (exact) mass is 288 g/mol. The second-order valence-electron chi connectivity index (χ2n) is 5.13. The van der Waals surface area contributed by atoms with Crippen LogP contribution in [0.25, 0.3) is 0 Å². The van der Waals surface area contributed by atoms with E-state index < -0.39 is 0 Å². The van der Waals surface area contributed by atoms with Gasteiger partial charge in [-0.05, 0) is 26.6 Å². The van der Waals surface area contributed by atoms with Crippen LogP contribution in [0.1, 0.15) is 23.0 Å². The van der Waals surface area contributed by atoms with Crippen molar-refractivity contribution < 1.29 is 4.79 Å². The lowest BCUT2D eigenvalue weighted by Gasteiger charge is -2.23. The quantitative estimate of drug-likeness (QED) is 0.748. The Morgan fingerprint density at radius 3 is 2.57 bits per heavy atom. The molecular weight excluding hydrogens is 268 g/mol. The highest BCUT2D eigenvalue weighted by Crippen LogP contribution is 2.19. The van der Waals surface area contributed by atoms with Crippen molar-refractivity contribution in [1.29, 1.82) is 0 Å². The first kappa shape index (κ1) is 15.0. The average Bonchev–Trinajstić information content (AvgIpc) is 2.84. The Labute approximate surface area is 123 Å². The number of anilines is 1. The van der Waals surface area contributed by atoms with Crippen molar-refractivity contribution in [2.75, 3.05) is 19.8 Å². The standard InChI is InChI=1S/C14H20N6O/c1-9-4-6-10(7-5-9)12(20(2)3)13(21)16-8-11-17-14(15)19-18-11/h4-7,12H,8H2,1-3H3,(H,16,21)(H3,15,17,18,19)/t12-/m0/s1. The number of hydrogen-bond donors (Lipinski definition) is 3. The molecule has 1 aromatic carbocycles. The Morgan fingerprint density at radius 2 is 2.05 bits per heavy atom. The van der Waals surface area contributed by atoms with Gasteiger partial charge >= 0.3 is 0 Å². The molecule has 0 fully saturated rings. The Kier molecular flexibility index (Phi) is 4.54. The van der Waals surface area contributed by atoms with Crippen molar-refractivity contribution in [3.63, 3.8) is 0 Å². The summed E-state index contributed by atoms with van der Waals surface area (Å²) in [5.74, 6) is 0.600.